The van der Waals surface area contributed by atoms with Crippen molar-refractivity contribution in [1.29, 1.82) is 0 Å². The van der Waals surface area contributed by atoms with Gasteiger partial charge in [0.05, 0.1) is 5.92 Å². The average Bonchev–Trinajstić information content (AvgIpc) is 2.38. The molecule has 1 amide bonds. The Labute approximate surface area is 117 Å². The lowest BCUT2D eigenvalue weighted by Gasteiger charge is -2.17. The van der Waals surface area contributed by atoms with E-state index in [-0.39, 0.29) is 11.9 Å². The molecule has 0 aromatic heterocycles. The van der Waals surface area contributed by atoms with Gasteiger partial charge in [0, 0.05) is 23.1 Å². The molecule has 2 N–H and O–H groups in total. The zero-order chi connectivity index (χ0) is 14.3. The first kappa shape index (κ1) is 15.6. The van der Waals surface area contributed by atoms with Crippen LogP contribution in [0.5, 0.6) is 0 Å². The topological polar surface area (TPSA) is 66.4 Å². The van der Waals surface area contributed by atoms with Crippen molar-refractivity contribution >= 4 is 23.6 Å². The maximum atomic E-state index is 11.7. The molecule has 0 spiro atoms. The van der Waals surface area contributed by atoms with Gasteiger partial charge in [0.2, 0.25) is 5.91 Å². The summed E-state index contributed by atoms with van der Waals surface area (Å²) in [5, 5.41) is 11.5. The molecule has 0 saturated heterocycles. The molecule has 104 valence electrons. The van der Waals surface area contributed by atoms with Crippen LogP contribution < -0.4 is 5.32 Å². The Morgan fingerprint density at radius 1 is 1.26 bits per heavy atom. The third-order valence-electron chi connectivity index (χ3n) is 2.87. The van der Waals surface area contributed by atoms with E-state index in [2.05, 4.69) is 5.32 Å². The van der Waals surface area contributed by atoms with E-state index in [0.29, 0.717) is 12.2 Å². The molecule has 1 aromatic rings. The number of rotatable bonds is 7. The van der Waals surface area contributed by atoms with Gasteiger partial charge >= 0.3 is 5.97 Å². The van der Waals surface area contributed by atoms with E-state index < -0.39 is 11.9 Å². The highest BCUT2D eigenvalue weighted by atomic mass is 32.2. The molecular formula is C14H19NO3S. The highest BCUT2D eigenvalue weighted by Gasteiger charge is 2.20. The van der Waals surface area contributed by atoms with Gasteiger partial charge in [-0.3, -0.25) is 9.59 Å². The number of carboxylic acid groups (broad SMARTS) is 1. The van der Waals surface area contributed by atoms with Crippen molar-refractivity contribution in [2.24, 2.45) is 5.92 Å². The Morgan fingerprint density at radius 3 is 2.47 bits per heavy atom. The molecule has 2 atom stereocenters. The van der Waals surface area contributed by atoms with Crippen LogP contribution in [-0.4, -0.2) is 28.8 Å². The molecule has 0 bridgehead atoms. The summed E-state index contributed by atoms with van der Waals surface area (Å²) in [6.07, 6.45) is 0.385. The van der Waals surface area contributed by atoms with Crippen LogP contribution in [0.4, 0.5) is 0 Å². The van der Waals surface area contributed by atoms with Crippen LogP contribution >= 0.6 is 11.8 Å². The SMILES string of the molecule is CC(NC(=O)CCSc1ccccc1)C(C)C(=O)O. The number of carboxylic acids is 1. The van der Waals surface area contributed by atoms with Gasteiger partial charge in [-0.25, -0.2) is 0 Å². The number of hydrogen-bond acceptors (Lipinski definition) is 3. The van der Waals surface area contributed by atoms with Gasteiger partial charge in [-0.15, -0.1) is 11.8 Å². The first-order chi connectivity index (χ1) is 9.00. The Balaban J connectivity index is 2.26. The lowest BCUT2D eigenvalue weighted by atomic mass is 10.0. The molecular weight excluding hydrogens is 262 g/mol. The van der Waals surface area contributed by atoms with Crippen molar-refractivity contribution in [2.45, 2.75) is 31.2 Å². The van der Waals surface area contributed by atoms with Gasteiger partial charge < -0.3 is 10.4 Å². The smallest absolute Gasteiger partial charge is 0.308 e. The lowest BCUT2D eigenvalue weighted by Crippen LogP contribution is -2.40. The summed E-state index contributed by atoms with van der Waals surface area (Å²) in [7, 11) is 0. The van der Waals surface area contributed by atoms with E-state index in [1.54, 1.807) is 25.6 Å². The number of nitrogens with one attached hydrogen (secondary N) is 1. The van der Waals surface area contributed by atoms with Gasteiger partial charge in [0.1, 0.15) is 0 Å². The first-order valence-electron chi connectivity index (χ1n) is 6.20. The summed E-state index contributed by atoms with van der Waals surface area (Å²) >= 11 is 1.61. The highest BCUT2D eigenvalue weighted by Crippen LogP contribution is 2.17. The Morgan fingerprint density at radius 2 is 1.89 bits per heavy atom. The predicted molar refractivity (Wildman–Crippen MR) is 76.2 cm³/mol. The van der Waals surface area contributed by atoms with Crippen LogP contribution in [0.3, 0.4) is 0 Å². The molecule has 0 radical (unpaired) electrons. The van der Waals surface area contributed by atoms with Crippen molar-refractivity contribution in [3.05, 3.63) is 30.3 Å². The van der Waals surface area contributed by atoms with Crippen molar-refractivity contribution in [3.8, 4) is 0 Å². The van der Waals surface area contributed by atoms with E-state index in [0.717, 1.165) is 4.90 Å². The molecule has 5 heteroatoms. The molecule has 0 aliphatic rings. The van der Waals surface area contributed by atoms with E-state index in [1.165, 1.54) is 0 Å². The molecule has 0 heterocycles. The molecule has 0 aliphatic carbocycles. The Hall–Kier alpha value is -1.49. The van der Waals surface area contributed by atoms with Crippen LogP contribution in [0.1, 0.15) is 20.3 Å². The fraction of sp³-hybridized carbons (Fsp3) is 0.429. The number of amides is 1. The Kier molecular flexibility index (Phi) is 6.42. The molecule has 1 rings (SSSR count). The summed E-state index contributed by atoms with van der Waals surface area (Å²) in [4.78, 5) is 23.5. The quantitative estimate of drug-likeness (QED) is 0.753. The van der Waals surface area contributed by atoms with E-state index in [1.807, 2.05) is 30.3 Å². The second-order valence-corrected chi connectivity index (χ2v) is 5.56. The van der Waals surface area contributed by atoms with Gasteiger partial charge in [-0.2, -0.15) is 0 Å². The van der Waals surface area contributed by atoms with E-state index in [9.17, 15) is 9.59 Å². The van der Waals surface area contributed by atoms with Crippen molar-refractivity contribution < 1.29 is 14.7 Å². The summed E-state index contributed by atoms with van der Waals surface area (Å²) in [5.41, 5.74) is 0. The van der Waals surface area contributed by atoms with Crippen LogP contribution in [0.2, 0.25) is 0 Å². The first-order valence-corrected chi connectivity index (χ1v) is 7.19. The molecule has 19 heavy (non-hydrogen) atoms. The van der Waals surface area contributed by atoms with Crippen LogP contribution in [0.15, 0.2) is 35.2 Å². The summed E-state index contributed by atoms with van der Waals surface area (Å²) in [6, 6.07) is 9.51. The lowest BCUT2D eigenvalue weighted by molar-refractivity contribution is -0.142. The van der Waals surface area contributed by atoms with Crippen molar-refractivity contribution in [2.75, 3.05) is 5.75 Å². The van der Waals surface area contributed by atoms with Crippen LogP contribution in [0.25, 0.3) is 0 Å². The average molecular weight is 281 g/mol. The number of carbonyl (C=O) groups excluding carboxylic acids is 1. The van der Waals surface area contributed by atoms with Crippen molar-refractivity contribution in [3.63, 3.8) is 0 Å². The third kappa shape index (κ3) is 5.79. The molecule has 1 aromatic carbocycles. The molecule has 0 saturated carbocycles. The van der Waals surface area contributed by atoms with Crippen molar-refractivity contribution in [1.82, 2.24) is 5.32 Å². The molecule has 4 nitrogen and oxygen atoms in total. The van der Waals surface area contributed by atoms with Crippen LogP contribution in [-0.2, 0) is 9.59 Å². The monoisotopic (exact) mass is 281 g/mol. The second-order valence-electron chi connectivity index (χ2n) is 4.39. The van der Waals surface area contributed by atoms with Gasteiger partial charge in [0.25, 0.3) is 0 Å². The molecule has 2 unspecified atom stereocenters. The number of thioether (sulfide) groups is 1. The number of aliphatic carboxylic acids is 1. The summed E-state index contributed by atoms with van der Waals surface area (Å²) < 4.78 is 0. The number of hydrogen-bond donors (Lipinski definition) is 2. The maximum Gasteiger partial charge on any atom is 0.308 e. The van der Waals surface area contributed by atoms with Crippen LogP contribution in [0, 0.1) is 5.92 Å². The zero-order valence-corrected chi connectivity index (χ0v) is 11.9. The highest BCUT2D eigenvalue weighted by molar-refractivity contribution is 7.99. The fourth-order valence-corrected chi connectivity index (χ4v) is 2.32. The molecule has 0 aliphatic heterocycles. The minimum atomic E-state index is -0.897. The van der Waals surface area contributed by atoms with E-state index >= 15 is 0 Å². The normalized spacial score (nSPS) is 13.6. The Bertz CT molecular complexity index is 422. The summed E-state index contributed by atoms with van der Waals surface area (Å²) in [5.74, 6) is -0.898. The van der Waals surface area contributed by atoms with E-state index in [4.69, 9.17) is 5.11 Å². The summed E-state index contributed by atoms with van der Waals surface area (Å²) in [6.45, 7) is 3.30. The number of carbonyl (C=O) groups is 2. The predicted octanol–water partition coefficient (Wildman–Crippen LogP) is 2.39. The largest absolute Gasteiger partial charge is 0.481 e. The van der Waals surface area contributed by atoms with Gasteiger partial charge in [0.15, 0.2) is 0 Å². The molecule has 0 fully saturated rings. The second kappa shape index (κ2) is 7.84. The minimum Gasteiger partial charge on any atom is -0.481 e. The standard InChI is InChI=1S/C14H19NO3S/c1-10(14(17)18)11(2)15-13(16)8-9-19-12-6-4-3-5-7-12/h3-7,10-11H,8-9H2,1-2H3,(H,15,16)(H,17,18). The fourth-order valence-electron chi connectivity index (χ4n) is 1.44. The minimum absolute atomic E-state index is 0.107. The van der Waals surface area contributed by atoms with Gasteiger partial charge in [-0.05, 0) is 26.0 Å². The third-order valence-corrected chi connectivity index (χ3v) is 3.88. The zero-order valence-electron chi connectivity index (χ0n) is 11.1. The number of benzene rings is 1. The van der Waals surface area contributed by atoms with Gasteiger partial charge in [-0.1, -0.05) is 18.2 Å². The maximum absolute atomic E-state index is 11.7.